The van der Waals surface area contributed by atoms with Crippen LogP contribution >= 0.6 is 0 Å². The van der Waals surface area contributed by atoms with E-state index in [1.807, 2.05) is 37.3 Å². The van der Waals surface area contributed by atoms with Crippen molar-refractivity contribution in [1.82, 2.24) is 14.8 Å². The molecule has 0 saturated heterocycles. The number of carbonyl (C=O) groups is 1. The van der Waals surface area contributed by atoms with E-state index in [9.17, 15) is 18.0 Å². The zero-order valence-electron chi connectivity index (χ0n) is 14.4. The third-order valence-corrected chi connectivity index (χ3v) is 4.12. The van der Waals surface area contributed by atoms with E-state index in [1.165, 1.54) is 23.4 Å². The molecule has 0 radical (unpaired) electrons. The number of anilines is 1. The van der Waals surface area contributed by atoms with E-state index in [0.29, 0.717) is 5.69 Å². The predicted octanol–water partition coefficient (Wildman–Crippen LogP) is 4.42. The summed E-state index contributed by atoms with van der Waals surface area (Å²) in [5.74, 6) is -0.459. The Balaban J connectivity index is 1.84. The minimum atomic E-state index is -4.52. The van der Waals surface area contributed by atoms with Crippen LogP contribution < -0.4 is 5.32 Å². The number of hydrogen-bond acceptors (Lipinski definition) is 3. The minimum Gasteiger partial charge on any atom is -0.324 e. The summed E-state index contributed by atoms with van der Waals surface area (Å²) in [5.41, 5.74) is 0.466. The van der Waals surface area contributed by atoms with Crippen LogP contribution in [0.4, 0.5) is 18.9 Å². The Labute approximate surface area is 153 Å². The highest BCUT2D eigenvalue weighted by Crippen LogP contribution is 2.33. The number of nitrogens with one attached hydrogen (secondary N) is 1. The number of hydrogen-bond donors (Lipinski definition) is 1. The average molecular weight is 374 g/mol. The van der Waals surface area contributed by atoms with Gasteiger partial charge in [-0.05, 0) is 29.7 Å². The molecule has 1 atom stereocenters. The van der Waals surface area contributed by atoms with Crippen LogP contribution in [0.5, 0.6) is 0 Å². The van der Waals surface area contributed by atoms with E-state index >= 15 is 0 Å². The van der Waals surface area contributed by atoms with Crippen LogP contribution in [0.15, 0.2) is 61.2 Å². The van der Waals surface area contributed by atoms with Gasteiger partial charge in [-0.25, -0.2) is 9.67 Å². The van der Waals surface area contributed by atoms with Gasteiger partial charge in [0, 0.05) is 6.42 Å². The van der Waals surface area contributed by atoms with Gasteiger partial charge < -0.3 is 5.32 Å². The number of nitrogens with zero attached hydrogens (tertiary/aromatic N) is 3. The van der Waals surface area contributed by atoms with E-state index in [4.69, 9.17) is 0 Å². The van der Waals surface area contributed by atoms with Crippen LogP contribution in [0.25, 0.3) is 5.69 Å². The topological polar surface area (TPSA) is 59.8 Å². The van der Waals surface area contributed by atoms with Crippen LogP contribution in [0.1, 0.15) is 30.4 Å². The molecule has 0 fully saturated rings. The molecule has 0 aliphatic carbocycles. The first-order chi connectivity index (χ1) is 12.8. The molecule has 1 aromatic heterocycles. The molecule has 140 valence electrons. The zero-order valence-corrected chi connectivity index (χ0v) is 14.4. The quantitative estimate of drug-likeness (QED) is 0.719. The maximum atomic E-state index is 13.1. The molecule has 1 amide bonds. The van der Waals surface area contributed by atoms with Crippen molar-refractivity contribution in [1.29, 1.82) is 0 Å². The summed E-state index contributed by atoms with van der Waals surface area (Å²) in [6, 6.07) is 12.5. The summed E-state index contributed by atoms with van der Waals surface area (Å²) >= 11 is 0. The van der Waals surface area contributed by atoms with Gasteiger partial charge in [0.05, 0.1) is 16.9 Å². The second-order valence-electron chi connectivity index (χ2n) is 6.13. The first-order valence-corrected chi connectivity index (χ1v) is 8.25. The highest BCUT2D eigenvalue weighted by atomic mass is 19.4. The monoisotopic (exact) mass is 374 g/mol. The molecule has 1 N–H and O–H groups in total. The minimum absolute atomic E-state index is 0.0283. The molecule has 1 heterocycles. The number of carbonyl (C=O) groups excluding carboxylic acids is 1. The Morgan fingerprint density at radius 1 is 1.19 bits per heavy atom. The van der Waals surface area contributed by atoms with E-state index in [-0.39, 0.29) is 23.9 Å². The van der Waals surface area contributed by atoms with Crippen LogP contribution in [0, 0.1) is 0 Å². The molecule has 8 heteroatoms. The number of amides is 1. The standard InChI is InChI=1S/C19H17F3N4O/c1-13(14-5-3-2-4-6-14)9-18(27)25-16-10-15(19(20,21)22)7-8-17(16)26-12-23-11-24-26/h2-8,10-13H,9H2,1H3,(H,25,27). The number of aromatic nitrogens is 3. The Kier molecular flexibility index (Phi) is 5.25. The lowest BCUT2D eigenvalue weighted by Crippen LogP contribution is -2.17. The maximum Gasteiger partial charge on any atom is 0.416 e. The number of alkyl halides is 3. The van der Waals surface area contributed by atoms with Crippen LogP contribution in [0.2, 0.25) is 0 Å². The lowest BCUT2D eigenvalue weighted by Gasteiger charge is -2.16. The fourth-order valence-corrected chi connectivity index (χ4v) is 2.72. The zero-order chi connectivity index (χ0) is 19.4. The fraction of sp³-hybridized carbons (Fsp3) is 0.211. The molecule has 5 nitrogen and oxygen atoms in total. The van der Waals surface area contributed by atoms with Gasteiger partial charge in [0.1, 0.15) is 12.7 Å². The van der Waals surface area contributed by atoms with E-state index in [2.05, 4.69) is 15.4 Å². The van der Waals surface area contributed by atoms with Gasteiger partial charge in [-0.15, -0.1) is 0 Å². The largest absolute Gasteiger partial charge is 0.416 e. The molecule has 0 aliphatic heterocycles. The van der Waals surface area contributed by atoms with Gasteiger partial charge in [0.25, 0.3) is 0 Å². The first kappa shape index (κ1) is 18.6. The molecule has 27 heavy (non-hydrogen) atoms. The molecule has 1 unspecified atom stereocenters. The predicted molar refractivity (Wildman–Crippen MR) is 94.5 cm³/mol. The molecular weight excluding hydrogens is 357 g/mol. The van der Waals surface area contributed by atoms with Crippen LogP contribution in [-0.2, 0) is 11.0 Å². The Bertz CT molecular complexity index is 908. The molecule has 0 spiro atoms. The van der Waals surface area contributed by atoms with Gasteiger partial charge in [-0.3, -0.25) is 4.79 Å². The second kappa shape index (κ2) is 7.61. The Morgan fingerprint density at radius 3 is 2.56 bits per heavy atom. The summed E-state index contributed by atoms with van der Waals surface area (Å²) in [4.78, 5) is 16.2. The normalized spacial score (nSPS) is 12.6. The highest BCUT2D eigenvalue weighted by molar-refractivity contribution is 5.93. The van der Waals surface area contributed by atoms with Gasteiger partial charge in [0.15, 0.2) is 0 Å². The summed E-state index contributed by atoms with van der Waals surface area (Å²) in [6.07, 6.45) is -1.76. The van der Waals surface area contributed by atoms with Crippen molar-refractivity contribution < 1.29 is 18.0 Å². The van der Waals surface area contributed by atoms with Crippen LogP contribution in [0.3, 0.4) is 0 Å². The molecule has 2 aromatic carbocycles. The molecule has 3 aromatic rings. The van der Waals surface area contributed by atoms with Crippen molar-refractivity contribution in [2.45, 2.75) is 25.4 Å². The molecule has 3 rings (SSSR count). The number of benzene rings is 2. The van der Waals surface area contributed by atoms with Gasteiger partial charge >= 0.3 is 6.18 Å². The van der Waals surface area contributed by atoms with Crippen molar-refractivity contribution in [2.75, 3.05) is 5.32 Å². The third-order valence-electron chi connectivity index (χ3n) is 4.12. The van der Waals surface area contributed by atoms with Gasteiger partial charge in [-0.2, -0.15) is 18.3 Å². The van der Waals surface area contributed by atoms with E-state index < -0.39 is 11.7 Å². The summed E-state index contributed by atoms with van der Waals surface area (Å²) in [6.45, 7) is 1.89. The SMILES string of the molecule is CC(CC(=O)Nc1cc(C(F)(F)F)ccc1-n1cncn1)c1ccccc1. The summed E-state index contributed by atoms with van der Waals surface area (Å²) in [5, 5.41) is 6.51. The van der Waals surface area contributed by atoms with Crippen LogP contribution in [-0.4, -0.2) is 20.7 Å². The van der Waals surface area contributed by atoms with Crippen molar-refractivity contribution in [3.05, 3.63) is 72.3 Å². The Morgan fingerprint density at radius 2 is 1.93 bits per heavy atom. The molecular formula is C19H17F3N4O. The molecule has 0 aliphatic rings. The summed E-state index contributed by atoms with van der Waals surface area (Å²) < 4.78 is 40.5. The van der Waals surface area contributed by atoms with Gasteiger partial charge in [0.2, 0.25) is 5.91 Å². The number of rotatable bonds is 5. The fourth-order valence-electron chi connectivity index (χ4n) is 2.72. The highest BCUT2D eigenvalue weighted by Gasteiger charge is 2.31. The van der Waals surface area contributed by atoms with Crippen molar-refractivity contribution in [3.8, 4) is 5.69 Å². The first-order valence-electron chi connectivity index (χ1n) is 8.25. The lowest BCUT2D eigenvalue weighted by molar-refractivity contribution is -0.137. The third kappa shape index (κ3) is 4.52. The van der Waals surface area contributed by atoms with E-state index in [0.717, 1.165) is 17.7 Å². The summed E-state index contributed by atoms with van der Waals surface area (Å²) in [7, 11) is 0. The lowest BCUT2D eigenvalue weighted by atomic mass is 9.97. The molecule has 0 saturated carbocycles. The van der Waals surface area contributed by atoms with E-state index in [1.54, 1.807) is 0 Å². The maximum absolute atomic E-state index is 13.1. The molecule has 0 bridgehead atoms. The van der Waals surface area contributed by atoms with Crippen molar-refractivity contribution in [3.63, 3.8) is 0 Å². The number of halogens is 3. The van der Waals surface area contributed by atoms with Crippen molar-refractivity contribution >= 4 is 11.6 Å². The second-order valence-corrected chi connectivity index (χ2v) is 6.13. The van der Waals surface area contributed by atoms with Gasteiger partial charge in [-0.1, -0.05) is 37.3 Å². The smallest absolute Gasteiger partial charge is 0.324 e. The van der Waals surface area contributed by atoms with Crippen molar-refractivity contribution in [2.24, 2.45) is 0 Å². The average Bonchev–Trinajstić information content (AvgIpc) is 3.16. The Hall–Kier alpha value is -3.16.